The molecule has 0 spiro atoms. The fraction of sp³-hybridized carbons (Fsp3) is 0.208. The zero-order valence-electron chi connectivity index (χ0n) is 17.3. The van der Waals surface area contributed by atoms with Crippen molar-refractivity contribution >= 4 is 29.0 Å². The average molecular weight is 438 g/mol. The van der Waals surface area contributed by atoms with Crippen molar-refractivity contribution in [2.45, 2.75) is 33.1 Å². The average Bonchev–Trinajstić information content (AvgIpc) is 3.25. The Morgan fingerprint density at radius 3 is 2.52 bits per heavy atom. The number of nitrogens with one attached hydrogen (secondary N) is 1. The van der Waals surface area contributed by atoms with Crippen molar-refractivity contribution in [1.29, 1.82) is 0 Å². The minimum atomic E-state index is -0.936. The van der Waals surface area contributed by atoms with Crippen molar-refractivity contribution in [2.24, 2.45) is 0 Å². The number of Topliss-reactive ketones (excluding diaryl/α,β-unsaturated/α-hetero) is 1. The highest BCUT2D eigenvalue weighted by Gasteiger charge is 2.22. The first-order valence-corrected chi connectivity index (χ1v) is 10.6. The Kier molecular flexibility index (Phi) is 7.56. The molecule has 0 saturated heterocycles. The zero-order chi connectivity index (χ0) is 22.2. The maximum Gasteiger partial charge on any atom is 0.338 e. The van der Waals surface area contributed by atoms with Crippen molar-refractivity contribution in [3.05, 3.63) is 87.6 Å². The Balaban J connectivity index is 1.57. The van der Waals surface area contributed by atoms with Gasteiger partial charge in [0.2, 0.25) is 11.7 Å². The van der Waals surface area contributed by atoms with Crippen LogP contribution >= 0.6 is 11.3 Å². The molecule has 3 aromatic rings. The number of thiophene rings is 1. The summed E-state index contributed by atoms with van der Waals surface area (Å²) in [6.07, 6.45) is -0.936. The lowest BCUT2D eigenvalue weighted by Gasteiger charge is -2.12. The second-order valence-corrected chi connectivity index (χ2v) is 8.06. The Morgan fingerprint density at radius 2 is 1.77 bits per heavy atom. The van der Waals surface area contributed by atoms with Gasteiger partial charge in [-0.05, 0) is 42.8 Å². The predicted octanol–water partition coefficient (Wildman–Crippen LogP) is 4.39. The van der Waals surface area contributed by atoms with Crippen LogP contribution in [-0.4, -0.2) is 23.8 Å². The van der Waals surface area contributed by atoms with Crippen LogP contribution in [0.15, 0.2) is 66.7 Å². The van der Waals surface area contributed by atoms with E-state index in [-0.39, 0.29) is 11.7 Å². The maximum atomic E-state index is 12.6. The summed E-state index contributed by atoms with van der Waals surface area (Å²) in [5.74, 6) is -0.485. The number of rotatable bonds is 9. The number of ether oxygens (including phenoxy) is 2. The summed E-state index contributed by atoms with van der Waals surface area (Å²) in [5, 5.41) is 2.69. The standard InChI is InChI=1S/C24H23NO5S/c1-16(23(27)22-12-11-21(31-22)14-25-17(2)26)30-24(28)19-9-6-10-20(13-19)29-15-18-7-4-3-5-8-18/h3-13,16H,14-15H2,1-2H3,(H,25,26). The molecule has 0 aliphatic rings. The molecule has 1 N–H and O–H groups in total. The third-order valence-corrected chi connectivity index (χ3v) is 5.49. The minimum absolute atomic E-state index is 0.140. The van der Waals surface area contributed by atoms with Gasteiger partial charge in [0, 0.05) is 11.8 Å². The summed E-state index contributed by atoms with van der Waals surface area (Å²) in [6, 6.07) is 19.8. The molecular weight excluding hydrogens is 414 g/mol. The van der Waals surface area contributed by atoms with Crippen molar-refractivity contribution in [3.8, 4) is 5.75 Å². The van der Waals surface area contributed by atoms with Gasteiger partial charge in [-0.1, -0.05) is 36.4 Å². The van der Waals surface area contributed by atoms with Gasteiger partial charge in [-0.15, -0.1) is 11.3 Å². The molecule has 1 aromatic heterocycles. The lowest BCUT2D eigenvalue weighted by molar-refractivity contribution is -0.119. The fourth-order valence-corrected chi connectivity index (χ4v) is 3.72. The molecule has 31 heavy (non-hydrogen) atoms. The summed E-state index contributed by atoms with van der Waals surface area (Å²) in [4.78, 5) is 37.5. The van der Waals surface area contributed by atoms with Gasteiger partial charge in [0.25, 0.3) is 0 Å². The number of amides is 1. The highest BCUT2D eigenvalue weighted by molar-refractivity contribution is 7.14. The van der Waals surface area contributed by atoms with Crippen LogP contribution in [0.1, 0.15) is 44.3 Å². The van der Waals surface area contributed by atoms with E-state index in [4.69, 9.17) is 9.47 Å². The molecule has 1 unspecified atom stereocenters. The quantitative estimate of drug-likeness (QED) is 0.397. The molecule has 0 aliphatic carbocycles. The van der Waals surface area contributed by atoms with Gasteiger partial charge in [0.15, 0.2) is 6.10 Å². The molecule has 1 heterocycles. The Labute approximate surface area is 184 Å². The number of carbonyl (C=O) groups excluding carboxylic acids is 3. The van der Waals surface area contributed by atoms with Gasteiger partial charge in [0.1, 0.15) is 12.4 Å². The van der Waals surface area contributed by atoms with E-state index in [9.17, 15) is 14.4 Å². The molecular formula is C24H23NO5S. The molecule has 1 amide bonds. The van der Waals surface area contributed by atoms with Gasteiger partial charge >= 0.3 is 5.97 Å². The van der Waals surface area contributed by atoms with Crippen molar-refractivity contribution in [2.75, 3.05) is 0 Å². The van der Waals surface area contributed by atoms with E-state index in [1.54, 1.807) is 43.3 Å². The summed E-state index contributed by atoms with van der Waals surface area (Å²) < 4.78 is 11.1. The molecule has 160 valence electrons. The number of hydrogen-bond acceptors (Lipinski definition) is 6. The molecule has 1 atom stereocenters. The molecule has 0 bridgehead atoms. The van der Waals surface area contributed by atoms with Crippen molar-refractivity contribution in [3.63, 3.8) is 0 Å². The van der Waals surface area contributed by atoms with Gasteiger partial charge < -0.3 is 14.8 Å². The fourth-order valence-electron chi connectivity index (χ4n) is 2.75. The van der Waals surface area contributed by atoms with Gasteiger partial charge in [-0.2, -0.15) is 0 Å². The van der Waals surface area contributed by atoms with Crippen LogP contribution in [0.5, 0.6) is 5.75 Å². The Hall–Kier alpha value is -3.45. The SMILES string of the molecule is CC(=O)NCc1ccc(C(=O)C(C)OC(=O)c2cccc(OCc3ccccc3)c2)s1. The van der Waals surface area contributed by atoms with E-state index in [2.05, 4.69) is 5.32 Å². The Bertz CT molecular complexity index is 1060. The van der Waals surface area contributed by atoms with Crippen LogP contribution in [0.4, 0.5) is 0 Å². The van der Waals surface area contributed by atoms with Gasteiger partial charge in [-0.25, -0.2) is 4.79 Å². The summed E-state index contributed by atoms with van der Waals surface area (Å²) in [5.41, 5.74) is 1.33. The molecule has 0 aliphatic heterocycles. The van der Waals surface area contributed by atoms with Gasteiger partial charge in [-0.3, -0.25) is 9.59 Å². The minimum Gasteiger partial charge on any atom is -0.489 e. The second-order valence-electron chi connectivity index (χ2n) is 6.89. The second kappa shape index (κ2) is 10.5. The third kappa shape index (κ3) is 6.52. The topological polar surface area (TPSA) is 81.7 Å². The van der Waals surface area contributed by atoms with Crippen LogP contribution in [0.2, 0.25) is 0 Å². The molecule has 0 radical (unpaired) electrons. The predicted molar refractivity (Wildman–Crippen MR) is 118 cm³/mol. The number of esters is 1. The largest absolute Gasteiger partial charge is 0.489 e. The molecule has 7 heteroatoms. The summed E-state index contributed by atoms with van der Waals surface area (Å²) in [6.45, 7) is 3.72. The molecule has 3 rings (SSSR count). The van der Waals surface area contributed by atoms with E-state index in [0.717, 1.165) is 10.4 Å². The van der Waals surface area contributed by atoms with E-state index in [1.165, 1.54) is 18.3 Å². The van der Waals surface area contributed by atoms with Crippen LogP contribution < -0.4 is 10.1 Å². The monoisotopic (exact) mass is 437 g/mol. The first-order chi connectivity index (χ1) is 14.9. The number of carbonyl (C=O) groups is 3. The molecule has 6 nitrogen and oxygen atoms in total. The van der Waals surface area contributed by atoms with E-state index in [1.807, 2.05) is 30.3 Å². The lowest BCUT2D eigenvalue weighted by Crippen LogP contribution is -2.23. The van der Waals surface area contributed by atoms with Crippen LogP contribution in [0.3, 0.4) is 0 Å². The van der Waals surface area contributed by atoms with Crippen LogP contribution in [-0.2, 0) is 22.7 Å². The van der Waals surface area contributed by atoms with Gasteiger partial charge in [0.05, 0.1) is 17.0 Å². The smallest absolute Gasteiger partial charge is 0.338 e. The van der Waals surface area contributed by atoms with E-state index >= 15 is 0 Å². The lowest BCUT2D eigenvalue weighted by atomic mass is 10.2. The third-order valence-electron chi connectivity index (χ3n) is 4.39. The molecule has 0 saturated carbocycles. The highest BCUT2D eigenvalue weighted by Crippen LogP contribution is 2.21. The normalized spacial score (nSPS) is 11.4. The number of hydrogen-bond donors (Lipinski definition) is 1. The highest BCUT2D eigenvalue weighted by atomic mass is 32.1. The maximum absolute atomic E-state index is 12.6. The Morgan fingerprint density at radius 1 is 1.00 bits per heavy atom. The number of benzene rings is 2. The van der Waals surface area contributed by atoms with E-state index < -0.39 is 12.1 Å². The summed E-state index contributed by atoms with van der Waals surface area (Å²) in [7, 11) is 0. The number of ketones is 1. The van der Waals surface area contributed by atoms with Crippen LogP contribution in [0, 0.1) is 0 Å². The van der Waals surface area contributed by atoms with Crippen LogP contribution in [0.25, 0.3) is 0 Å². The molecule has 0 fully saturated rings. The van der Waals surface area contributed by atoms with Crippen molar-refractivity contribution < 1.29 is 23.9 Å². The first-order valence-electron chi connectivity index (χ1n) is 9.77. The van der Waals surface area contributed by atoms with Crippen molar-refractivity contribution in [1.82, 2.24) is 5.32 Å². The first kappa shape index (κ1) is 22.2. The summed E-state index contributed by atoms with van der Waals surface area (Å²) >= 11 is 1.27. The van der Waals surface area contributed by atoms with E-state index in [0.29, 0.717) is 29.3 Å². The molecule has 2 aromatic carbocycles. The zero-order valence-corrected chi connectivity index (χ0v) is 18.1.